The Morgan fingerprint density at radius 3 is 2.39 bits per heavy atom. The number of hydrogen-bond donors (Lipinski definition) is 2. The molecule has 0 unspecified atom stereocenters. The molecule has 0 saturated carbocycles. The average molecular weight is 705 g/mol. The molecule has 51 heavy (non-hydrogen) atoms. The van der Waals surface area contributed by atoms with Crippen molar-refractivity contribution in [3.63, 3.8) is 0 Å². The van der Waals surface area contributed by atoms with Crippen LogP contribution in [0.25, 0.3) is 21.3 Å². The number of carbonyl (C=O) groups excluding carboxylic acids is 3. The number of ether oxygens (including phenoxy) is 2. The summed E-state index contributed by atoms with van der Waals surface area (Å²) in [5.74, 6) is 0.283. The Morgan fingerprint density at radius 2 is 1.65 bits per heavy atom. The highest BCUT2D eigenvalue weighted by molar-refractivity contribution is 7.18. The van der Waals surface area contributed by atoms with Crippen LogP contribution < -0.4 is 15.5 Å². The number of cyclic esters (lactones) is 1. The van der Waals surface area contributed by atoms with Crippen LogP contribution in [-0.4, -0.2) is 71.6 Å². The summed E-state index contributed by atoms with van der Waals surface area (Å²) in [4.78, 5) is 55.3. The minimum Gasteiger partial charge on any atom is -0.445 e. The molecule has 2 aliphatic rings. The number of alkyl carbamates (subject to hydrolysis) is 1. The number of piperazine rings is 1. The van der Waals surface area contributed by atoms with Crippen molar-refractivity contribution in [1.29, 1.82) is 0 Å². The van der Waals surface area contributed by atoms with E-state index in [2.05, 4.69) is 40.7 Å². The first-order valence-corrected chi connectivity index (χ1v) is 18.0. The molecule has 1 fully saturated rings. The van der Waals surface area contributed by atoms with Gasteiger partial charge in [-0.15, -0.1) is 11.3 Å². The zero-order valence-electron chi connectivity index (χ0n) is 28.8. The van der Waals surface area contributed by atoms with E-state index in [-0.39, 0.29) is 25.1 Å². The first kappa shape index (κ1) is 34.1. The van der Waals surface area contributed by atoms with Gasteiger partial charge in [-0.1, -0.05) is 73.7 Å². The van der Waals surface area contributed by atoms with Crippen LogP contribution in [-0.2, 0) is 32.9 Å². The molecule has 262 valence electrons. The molecular weight excluding hydrogens is 665 g/mol. The number of nitrogens with one attached hydrogen (secondary N) is 2. The Morgan fingerprint density at radius 1 is 0.941 bits per heavy atom. The van der Waals surface area contributed by atoms with E-state index in [9.17, 15) is 14.4 Å². The lowest BCUT2D eigenvalue weighted by Crippen LogP contribution is -2.49. The highest BCUT2D eigenvalue weighted by Crippen LogP contribution is 2.34. The number of nitrogens with zero attached hydrogens (tertiary/aromatic N) is 4. The van der Waals surface area contributed by atoms with Crippen LogP contribution in [0.5, 0.6) is 0 Å². The molecule has 5 aromatic rings. The quantitative estimate of drug-likeness (QED) is 0.209. The van der Waals surface area contributed by atoms with Crippen LogP contribution in [0.2, 0.25) is 0 Å². The Kier molecular flexibility index (Phi) is 9.70. The maximum Gasteiger partial charge on any atom is 0.408 e. The first-order chi connectivity index (χ1) is 24.7. The monoisotopic (exact) mass is 704 g/mol. The summed E-state index contributed by atoms with van der Waals surface area (Å²) >= 11 is 1.55. The third-order valence-electron chi connectivity index (χ3n) is 9.36. The second kappa shape index (κ2) is 14.5. The van der Waals surface area contributed by atoms with E-state index >= 15 is 0 Å². The lowest BCUT2D eigenvalue weighted by molar-refractivity contribution is -0.122. The fourth-order valence-corrected chi connectivity index (χ4v) is 7.44. The fraction of sp³-hybridized carbons (Fsp3) is 0.308. The number of anilines is 2. The molecule has 0 spiro atoms. The molecular formula is C39H40N6O5S. The zero-order valence-corrected chi connectivity index (χ0v) is 29.7. The van der Waals surface area contributed by atoms with Crippen LogP contribution in [0.15, 0.2) is 84.9 Å². The number of rotatable bonds is 6. The number of hydrogen-bond acceptors (Lipinski definition) is 9. The molecule has 7 rings (SSSR count). The van der Waals surface area contributed by atoms with E-state index in [1.165, 1.54) is 0 Å². The lowest BCUT2D eigenvalue weighted by atomic mass is 9.93. The molecule has 0 radical (unpaired) electrons. The zero-order chi connectivity index (χ0) is 35.5. The molecule has 0 bridgehead atoms. The van der Waals surface area contributed by atoms with Crippen molar-refractivity contribution in [2.45, 2.75) is 45.4 Å². The standard InChI is InChI=1S/C39H40N6O5S/c1-4-29-22-30-33(44-18-20-45(21-19-44)36(47)27-16-14-26(15-17-27)25-10-6-5-7-11-25)41-37(43-35(30)51-29)42-34(46)32-24-50-39(2,3)31-13-9-8-12-28(31)23-49-38(48)40-32/h5-17,22,32H,4,18-21,23-24H2,1-3H3,(H,40,48)(H,41,42,43,46)/t32-/m0/s1. The van der Waals surface area contributed by atoms with Gasteiger partial charge in [0.2, 0.25) is 5.95 Å². The molecule has 4 heterocycles. The van der Waals surface area contributed by atoms with Gasteiger partial charge in [-0.05, 0) is 60.7 Å². The third-order valence-corrected chi connectivity index (χ3v) is 10.5. The van der Waals surface area contributed by atoms with Gasteiger partial charge in [0.15, 0.2) is 0 Å². The Labute approximate surface area is 300 Å². The van der Waals surface area contributed by atoms with E-state index < -0.39 is 23.6 Å². The number of amides is 3. The van der Waals surface area contributed by atoms with Crippen molar-refractivity contribution in [2.24, 2.45) is 0 Å². The molecule has 0 aliphatic carbocycles. The van der Waals surface area contributed by atoms with E-state index in [0.717, 1.165) is 43.8 Å². The van der Waals surface area contributed by atoms with Gasteiger partial charge in [0.25, 0.3) is 11.8 Å². The summed E-state index contributed by atoms with van der Waals surface area (Å²) in [6.45, 7) is 8.03. The summed E-state index contributed by atoms with van der Waals surface area (Å²) in [7, 11) is 0. The molecule has 11 nitrogen and oxygen atoms in total. The van der Waals surface area contributed by atoms with Crippen LogP contribution >= 0.6 is 11.3 Å². The van der Waals surface area contributed by atoms with E-state index in [1.807, 2.05) is 85.5 Å². The Hall–Kier alpha value is -5.33. The predicted octanol–water partition coefficient (Wildman–Crippen LogP) is 6.38. The van der Waals surface area contributed by atoms with Gasteiger partial charge in [-0.25, -0.2) is 9.78 Å². The van der Waals surface area contributed by atoms with Crippen LogP contribution in [0.3, 0.4) is 0 Å². The van der Waals surface area contributed by atoms with Crippen molar-refractivity contribution in [3.8, 4) is 11.1 Å². The number of carbonyl (C=O) groups is 3. The van der Waals surface area contributed by atoms with E-state index in [1.54, 1.807) is 11.3 Å². The largest absolute Gasteiger partial charge is 0.445 e. The summed E-state index contributed by atoms with van der Waals surface area (Å²) in [5, 5.41) is 6.37. The van der Waals surface area contributed by atoms with Crippen molar-refractivity contribution in [1.82, 2.24) is 20.2 Å². The SMILES string of the molecule is CCc1cc2c(N3CCN(C(=O)c4ccc(-c5ccccc5)cc4)CC3)nc(NC(=O)[C@@H]3COC(C)(C)c4ccccc4COC(=O)N3)nc2s1. The Bertz CT molecular complexity index is 2060. The minimum atomic E-state index is -1.06. The summed E-state index contributed by atoms with van der Waals surface area (Å²) < 4.78 is 11.7. The average Bonchev–Trinajstić information content (AvgIpc) is 3.59. The van der Waals surface area contributed by atoms with Gasteiger partial charge >= 0.3 is 6.09 Å². The molecule has 2 aromatic heterocycles. The van der Waals surface area contributed by atoms with Gasteiger partial charge in [-0.3, -0.25) is 14.9 Å². The summed E-state index contributed by atoms with van der Waals surface area (Å²) in [6.07, 6.45) is 0.105. The maximum absolute atomic E-state index is 13.7. The second-order valence-corrected chi connectivity index (χ2v) is 14.2. The summed E-state index contributed by atoms with van der Waals surface area (Å²) in [5.41, 5.74) is 3.79. The first-order valence-electron chi connectivity index (χ1n) is 17.1. The fourth-order valence-electron chi connectivity index (χ4n) is 6.48. The van der Waals surface area contributed by atoms with Gasteiger partial charge < -0.3 is 24.6 Å². The van der Waals surface area contributed by atoms with Crippen LogP contribution in [0.4, 0.5) is 16.6 Å². The van der Waals surface area contributed by atoms with Crippen LogP contribution in [0, 0.1) is 0 Å². The molecule has 1 saturated heterocycles. The Balaban J connectivity index is 1.06. The molecule has 2 aliphatic heterocycles. The smallest absolute Gasteiger partial charge is 0.408 e. The predicted molar refractivity (Wildman–Crippen MR) is 198 cm³/mol. The third kappa shape index (κ3) is 7.42. The number of benzene rings is 3. The van der Waals surface area contributed by atoms with Gasteiger partial charge in [0.1, 0.15) is 23.3 Å². The number of aryl methyl sites for hydroxylation is 1. The number of fused-ring (bicyclic) bond motifs is 2. The van der Waals surface area contributed by atoms with Crippen molar-refractivity contribution < 1.29 is 23.9 Å². The maximum atomic E-state index is 13.7. The molecule has 3 aromatic carbocycles. The van der Waals surface area contributed by atoms with Gasteiger partial charge in [0.05, 0.1) is 17.6 Å². The molecule has 2 N–H and O–H groups in total. The summed E-state index contributed by atoms with van der Waals surface area (Å²) in [6, 6.07) is 26.5. The van der Waals surface area contributed by atoms with Crippen molar-refractivity contribution in [3.05, 3.63) is 106 Å². The topological polar surface area (TPSA) is 126 Å². The number of thiophene rings is 1. The van der Waals surface area contributed by atoms with E-state index in [4.69, 9.17) is 19.4 Å². The molecule has 1 atom stereocenters. The lowest BCUT2D eigenvalue weighted by Gasteiger charge is -2.35. The highest BCUT2D eigenvalue weighted by atomic mass is 32.1. The van der Waals surface area contributed by atoms with Gasteiger partial charge in [-0.2, -0.15) is 4.98 Å². The van der Waals surface area contributed by atoms with Crippen molar-refractivity contribution in [2.75, 3.05) is 43.0 Å². The van der Waals surface area contributed by atoms with Crippen LogP contribution in [0.1, 0.15) is 47.1 Å². The molecule has 3 amide bonds. The number of aromatic nitrogens is 2. The van der Waals surface area contributed by atoms with E-state index in [0.29, 0.717) is 37.6 Å². The van der Waals surface area contributed by atoms with Gasteiger partial charge in [0, 0.05) is 36.6 Å². The minimum absolute atomic E-state index is 0.00975. The molecule has 12 heteroatoms. The van der Waals surface area contributed by atoms with Crippen molar-refractivity contribution >= 4 is 51.2 Å². The highest BCUT2D eigenvalue weighted by Gasteiger charge is 2.32. The second-order valence-electron chi connectivity index (χ2n) is 13.1. The normalized spacial score (nSPS) is 17.6.